The zero-order valence-corrected chi connectivity index (χ0v) is 11.9. The van der Waals surface area contributed by atoms with E-state index in [4.69, 9.17) is 0 Å². The van der Waals surface area contributed by atoms with Crippen LogP contribution in [-0.4, -0.2) is 51.1 Å². The van der Waals surface area contributed by atoms with Crippen molar-refractivity contribution in [3.63, 3.8) is 0 Å². The molecule has 0 spiro atoms. The van der Waals surface area contributed by atoms with Crippen LogP contribution in [0.15, 0.2) is 11.6 Å². The van der Waals surface area contributed by atoms with Crippen LogP contribution in [0.25, 0.3) is 0 Å². The number of likely N-dealkylation sites (N-methyl/N-ethyl adjacent to an activating group) is 1. The summed E-state index contributed by atoms with van der Waals surface area (Å²) in [5, 5.41) is 2.62. The van der Waals surface area contributed by atoms with E-state index in [1.54, 1.807) is 7.05 Å². The highest BCUT2D eigenvalue weighted by Crippen LogP contribution is 2.04. The molecule has 1 atom stereocenters. The van der Waals surface area contributed by atoms with Crippen LogP contribution in [0.4, 0.5) is 0 Å². The minimum atomic E-state index is -0.287. The van der Waals surface area contributed by atoms with E-state index in [2.05, 4.69) is 10.1 Å². The number of rotatable bonds is 7. The summed E-state index contributed by atoms with van der Waals surface area (Å²) in [5.74, 6) is -0.337. The maximum absolute atomic E-state index is 11.4. The number of methoxy groups -OCH3 is 1. The van der Waals surface area contributed by atoms with E-state index in [1.807, 2.05) is 31.9 Å². The Balaban J connectivity index is 4.31. The fourth-order valence-electron chi connectivity index (χ4n) is 1.64. The highest BCUT2D eigenvalue weighted by atomic mass is 16.5. The Morgan fingerprint density at radius 1 is 1.44 bits per heavy atom. The lowest BCUT2D eigenvalue weighted by molar-refractivity contribution is -0.136. The Bertz CT molecular complexity index is 313. The summed E-state index contributed by atoms with van der Waals surface area (Å²) in [6.07, 6.45) is 2.49. The fourth-order valence-corrected chi connectivity index (χ4v) is 1.64. The first-order chi connectivity index (χ1) is 8.46. The number of amides is 1. The van der Waals surface area contributed by atoms with Gasteiger partial charge < -0.3 is 15.0 Å². The van der Waals surface area contributed by atoms with E-state index in [0.717, 1.165) is 0 Å². The van der Waals surface area contributed by atoms with Gasteiger partial charge in [-0.25, -0.2) is 4.79 Å². The molecule has 0 aromatic rings. The van der Waals surface area contributed by atoms with Gasteiger partial charge in [-0.2, -0.15) is 0 Å². The Morgan fingerprint density at radius 2 is 2.06 bits per heavy atom. The predicted octanol–water partition coefficient (Wildman–Crippen LogP) is 0.810. The standard InChI is InChI=1S/C13H24N2O3/c1-6-11(13(17)18-5)7-8-15(4)9-10(2)12(16)14-3/h7,10H,6,8-9H2,1-5H3,(H,14,16). The van der Waals surface area contributed by atoms with Crippen LogP contribution in [0.5, 0.6) is 0 Å². The maximum atomic E-state index is 11.4. The lowest BCUT2D eigenvalue weighted by Gasteiger charge is -2.19. The molecule has 0 bridgehead atoms. The van der Waals surface area contributed by atoms with Crippen molar-refractivity contribution < 1.29 is 14.3 Å². The molecule has 0 saturated heterocycles. The number of nitrogens with one attached hydrogen (secondary N) is 1. The number of carbonyl (C=O) groups excluding carboxylic acids is 2. The highest BCUT2D eigenvalue weighted by molar-refractivity contribution is 5.88. The van der Waals surface area contributed by atoms with Crippen LogP contribution in [0.1, 0.15) is 20.3 Å². The third kappa shape index (κ3) is 5.82. The lowest BCUT2D eigenvalue weighted by atomic mass is 10.1. The van der Waals surface area contributed by atoms with E-state index in [0.29, 0.717) is 25.1 Å². The average Bonchev–Trinajstić information content (AvgIpc) is 2.37. The Morgan fingerprint density at radius 3 is 2.50 bits per heavy atom. The molecule has 5 heteroatoms. The van der Waals surface area contributed by atoms with Crippen molar-refractivity contribution in [1.29, 1.82) is 0 Å². The number of nitrogens with zero attached hydrogens (tertiary/aromatic N) is 1. The first-order valence-electron chi connectivity index (χ1n) is 6.13. The van der Waals surface area contributed by atoms with Crippen LogP contribution in [-0.2, 0) is 14.3 Å². The van der Waals surface area contributed by atoms with E-state index in [9.17, 15) is 9.59 Å². The Labute approximate surface area is 109 Å². The number of carbonyl (C=O) groups is 2. The first-order valence-corrected chi connectivity index (χ1v) is 6.13. The van der Waals surface area contributed by atoms with E-state index in [-0.39, 0.29) is 17.8 Å². The molecule has 1 N–H and O–H groups in total. The third-order valence-electron chi connectivity index (χ3n) is 2.76. The monoisotopic (exact) mass is 256 g/mol. The number of hydrogen-bond acceptors (Lipinski definition) is 4. The molecule has 0 aromatic carbocycles. The number of ether oxygens (including phenoxy) is 1. The summed E-state index contributed by atoms with van der Waals surface area (Å²) in [7, 11) is 4.93. The smallest absolute Gasteiger partial charge is 0.333 e. The Kier molecular flexibility index (Phi) is 8.03. The summed E-state index contributed by atoms with van der Waals surface area (Å²) < 4.78 is 4.68. The van der Waals surface area contributed by atoms with Gasteiger partial charge in [0.15, 0.2) is 0 Å². The lowest BCUT2D eigenvalue weighted by Crippen LogP contribution is -2.34. The fraction of sp³-hybridized carbons (Fsp3) is 0.692. The molecule has 0 aliphatic carbocycles. The predicted molar refractivity (Wildman–Crippen MR) is 71.1 cm³/mol. The molecule has 0 aliphatic rings. The minimum absolute atomic E-state index is 0.0227. The quantitative estimate of drug-likeness (QED) is 0.541. The van der Waals surface area contributed by atoms with Gasteiger partial charge >= 0.3 is 5.97 Å². The van der Waals surface area contributed by atoms with Crippen molar-refractivity contribution in [1.82, 2.24) is 10.2 Å². The molecule has 0 rings (SSSR count). The first kappa shape index (κ1) is 16.6. The maximum Gasteiger partial charge on any atom is 0.333 e. The van der Waals surface area contributed by atoms with Crippen LogP contribution in [0.3, 0.4) is 0 Å². The molecule has 5 nitrogen and oxygen atoms in total. The van der Waals surface area contributed by atoms with E-state index < -0.39 is 0 Å². The van der Waals surface area contributed by atoms with Crippen LogP contribution < -0.4 is 5.32 Å². The van der Waals surface area contributed by atoms with Crippen molar-refractivity contribution in [2.24, 2.45) is 5.92 Å². The van der Waals surface area contributed by atoms with Crippen LogP contribution in [0.2, 0.25) is 0 Å². The van der Waals surface area contributed by atoms with Gasteiger partial charge in [0.1, 0.15) is 0 Å². The van der Waals surface area contributed by atoms with Crippen LogP contribution in [0, 0.1) is 5.92 Å². The van der Waals surface area contributed by atoms with Crippen molar-refractivity contribution in [2.75, 3.05) is 34.3 Å². The van der Waals surface area contributed by atoms with Gasteiger partial charge in [0, 0.05) is 31.6 Å². The van der Waals surface area contributed by atoms with E-state index >= 15 is 0 Å². The van der Waals surface area contributed by atoms with Gasteiger partial charge in [0.2, 0.25) is 5.91 Å². The van der Waals surface area contributed by atoms with Gasteiger partial charge in [0.25, 0.3) is 0 Å². The second-order valence-corrected chi connectivity index (χ2v) is 4.31. The summed E-state index contributed by atoms with van der Waals surface area (Å²) >= 11 is 0. The molecule has 1 unspecified atom stereocenters. The summed E-state index contributed by atoms with van der Waals surface area (Å²) in [6.45, 7) is 5.06. The van der Waals surface area contributed by atoms with Gasteiger partial charge in [-0.05, 0) is 13.5 Å². The van der Waals surface area contributed by atoms with Crippen molar-refractivity contribution in [2.45, 2.75) is 20.3 Å². The largest absolute Gasteiger partial charge is 0.466 e. The van der Waals surface area contributed by atoms with Gasteiger partial charge in [-0.3, -0.25) is 4.79 Å². The molecular weight excluding hydrogens is 232 g/mol. The van der Waals surface area contributed by atoms with Gasteiger partial charge in [0.05, 0.1) is 7.11 Å². The number of esters is 1. The zero-order chi connectivity index (χ0) is 14.1. The minimum Gasteiger partial charge on any atom is -0.466 e. The zero-order valence-electron chi connectivity index (χ0n) is 11.9. The third-order valence-corrected chi connectivity index (χ3v) is 2.76. The molecule has 18 heavy (non-hydrogen) atoms. The molecule has 0 fully saturated rings. The van der Waals surface area contributed by atoms with Crippen molar-refractivity contribution in [3.8, 4) is 0 Å². The molecule has 0 saturated carbocycles. The average molecular weight is 256 g/mol. The molecule has 0 heterocycles. The van der Waals surface area contributed by atoms with Crippen LogP contribution >= 0.6 is 0 Å². The second-order valence-electron chi connectivity index (χ2n) is 4.31. The topological polar surface area (TPSA) is 58.6 Å². The molecule has 1 amide bonds. The molecule has 0 radical (unpaired) electrons. The van der Waals surface area contributed by atoms with Gasteiger partial charge in [-0.1, -0.05) is 19.9 Å². The summed E-state index contributed by atoms with van der Waals surface area (Å²) in [5.41, 5.74) is 0.664. The Hall–Kier alpha value is -1.36. The summed E-state index contributed by atoms with van der Waals surface area (Å²) in [4.78, 5) is 24.7. The second kappa shape index (κ2) is 8.69. The summed E-state index contributed by atoms with van der Waals surface area (Å²) in [6, 6.07) is 0. The molecule has 104 valence electrons. The molecule has 0 aromatic heterocycles. The van der Waals surface area contributed by atoms with E-state index in [1.165, 1.54) is 7.11 Å². The van der Waals surface area contributed by atoms with Gasteiger partial charge in [-0.15, -0.1) is 0 Å². The highest BCUT2D eigenvalue weighted by Gasteiger charge is 2.13. The molecule has 0 aliphatic heterocycles. The normalized spacial score (nSPS) is 13.3. The molecular formula is C13H24N2O3. The SMILES string of the molecule is CCC(=CCN(C)CC(C)C(=O)NC)C(=O)OC. The van der Waals surface area contributed by atoms with Crippen molar-refractivity contribution >= 4 is 11.9 Å². The van der Waals surface area contributed by atoms with Crippen molar-refractivity contribution in [3.05, 3.63) is 11.6 Å². The number of hydrogen-bond donors (Lipinski definition) is 1.